The molecule has 1 aliphatic rings. The Labute approximate surface area is 140 Å². The minimum absolute atomic E-state index is 0.0661. The Morgan fingerprint density at radius 3 is 2.58 bits per heavy atom. The first kappa shape index (κ1) is 18.0. The van der Waals surface area contributed by atoms with Gasteiger partial charge < -0.3 is 14.6 Å². The molecule has 0 aromatic carbocycles. The molecule has 0 unspecified atom stereocenters. The van der Waals surface area contributed by atoms with E-state index in [-0.39, 0.29) is 11.6 Å². The lowest BCUT2D eigenvalue weighted by molar-refractivity contribution is -0.123. The standard InChI is InChI=1S/C16H23N3O5/c1-9-6-4-5-7-12(9)17-16(22)18-13(20)8-23-15(21)14-10(2)19-24-11(14)3/h9,12H,4-8H2,1-3H3,(H2,17,18,20,22)/t9-,12+/m0/s1. The highest BCUT2D eigenvalue weighted by Crippen LogP contribution is 2.23. The molecule has 1 aromatic rings. The molecule has 132 valence electrons. The number of hydrogen-bond donors (Lipinski definition) is 2. The lowest BCUT2D eigenvalue weighted by atomic mass is 9.86. The number of carbonyl (C=O) groups is 3. The van der Waals surface area contributed by atoms with Crippen molar-refractivity contribution in [3.8, 4) is 0 Å². The summed E-state index contributed by atoms with van der Waals surface area (Å²) in [5, 5.41) is 8.61. The van der Waals surface area contributed by atoms with Gasteiger partial charge in [0.15, 0.2) is 6.61 Å². The maximum absolute atomic E-state index is 11.9. The lowest BCUT2D eigenvalue weighted by Gasteiger charge is -2.29. The Hall–Kier alpha value is -2.38. The van der Waals surface area contributed by atoms with Gasteiger partial charge in [0.2, 0.25) is 0 Å². The first-order chi connectivity index (χ1) is 11.4. The van der Waals surface area contributed by atoms with Crippen LogP contribution in [0.3, 0.4) is 0 Å². The van der Waals surface area contributed by atoms with Crippen LogP contribution >= 0.6 is 0 Å². The zero-order valence-electron chi connectivity index (χ0n) is 14.2. The summed E-state index contributed by atoms with van der Waals surface area (Å²) < 4.78 is 9.76. The van der Waals surface area contributed by atoms with Crippen LogP contribution in [0.15, 0.2) is 4.52 Å². The Kier molecular flexibility index (Phi) is 5.94. The van der Waals surface area contributed by atoms with Crippen molar-refractivity contribution in [2.75, 3.05) is 6.61 Å². The topological polar surface area (TPSA) is 111 Å². The fraction of sp³-hybridized carbons (Fsp3) is 0.625. The molecule has 24 heavy (non-hydrogen) atoms. The van der Waals surface area contributed by atoms with E-state index in [1.54, 1.807) is 13.8 Å². The second kappa shape index (κ2) is 7.94. The number of carbonyl (C=O) groups excluding carboxylic acids is 3. The van der Waals surface area contributed by atoms with E-state index in [1.165, 1.54) is 0 Å². The van der Waals surface area contributed by atoms with Crippen molar-refractivity contribution < 1.29 is 23.6 Å². The third kappa shape index (κ3) is 4.56. The van der Waals surface area contributed by atoms with Crippen LogP contribution < -0.4 is 10.6 Å². The van der Waals surface area contributed by atoms with E-state index < -0.39 is 24.5 Å². The number of aromatic nitrogens is 1. The highest BCUT2D eigenvalue weighted by Gasteiger charge is 2.24. The smallest absolute Gasteiger partial charge is 0.344 e. The number of nitrogens with one attached hydrogen (secondary N) is 2. The van der Waals surface area contributed by atoms with Crippen LogP contribution in [0.2, 0.25) is 0 Å². The third-order valence-electron chi connectivity index (χ3n) is 4.25. The summed E-state index contributed by atoms with van der Waals surface area (Å²) in [6, 6.07) is -0.497. The van der Waals surface area contributed by atoms with Crippen molar-refractivity contribution in [1.29, 1.82) is 0 Å². The monoisotopic (exact) mass is 337 g/mol. The highest BCUT2D eigenvalue weighted by molar-refractivity contribution is 5.97. The van der Waals surface area contributed by atoms with Crippen LogP contribution in [0, 0.1) is 19.8 Å². The Balaban J connectivity index is 1.76. The average molecular weight is 337 g/mol. The van der Waals surface area contributed by atoms with Crippen molar-refractivity contribution in [2.45, 2.75) is 52.5 Å². The summed E-state index contributed by atoms with van der Waals surface area (Å²) >= 11 is 0. The van der Waals surface area contributed by atoms with Crippen LogP contribution in [0.5, 0.6) is 0 Å². The molecule has 3 amide bonds. The maximum atomic E-state index is 11.9. The molecule has 0 saturated heterocycles. The van der Waals surface area contributed by atoms with Gasteiger partial charge in [-0.1, -0.05) is 24.9 Å². The van der Waals surface area contributed by atoms with Crippen LogP contribution in [-0.2, 0) is 9.53 Å². The summed E-state index contributed by atoms with van der Waals surface area (Å²) in [5.74, 6) is -0.683. The number of urea groups is 1. The zero-order valence-corrected chi connectivity index (χ0v) is 14.2. The summed E-state index contributed by atoms with van der Waals surface area (Å²) in [5.41, 5.74) is 0.588. The van der Waals surface area contributed by atoms with Gasteiger partial charge in [-0.05, 0) is 32.6 Å². The molecule has 0 bridgehead atoms. The lowest BCUT2D eigenvalue weighted by Crippen LogP contribution is -2.48. The largest absolute Gasteiger partial charge is 0.452 e. The SMILES string of the molecule is Cc1noc(C)c1C(=O)OCC(=O)NC(=O)N[C@@H]1CCCC[C@@H]1C. The molecule has 2 atom stereocenters. The fourth-order valence-corrected chi connectivity index (χ4v) is 2.88. The first-order valence-corrected chi connectivity index (χ1v) is 8.08. The highest BCUT2D eigenvalue weighted by atomic mass is 16.5. The molecule has 1 fully saturated rings. The van der Waals surface area contributed by atoms with Crippen molar-refractivity contribution in [3.63, 3.8) is 0 Å². The van der Waals surface area contributed by atoms with E-state index >= 15 is 0 Å². The quantitative estimate of drug-likeness (QED) is 0.811. The van der Waals surface area contributed by atoms with Crippen LogP contribution in [0.4, 0.5) is 4.79 Å². The Morgan fingerprint density at radius 2 is 1.96 bits per heavy atom. The maximum Gasteiger partial charge on any atom is 0.344 e. The van der Waals surface area contributed by atoms with Gasteiger partial charge in [0.25, 0.3) is 5.91 Å². The van der Waals surface area contributed by atoms with E-state index in [1.807, 2.05) is 0 Å². The second-order valence-electron chi connectivity index (χ2n) is 6.17. The number of ether oxygens (including phenoxy) is 1. The van der Waals surface area contributed by atoms with Crippen molar-refractivity contribution in [1.82, 2.24) is 15.8 Å². The van der Waals surface area contributed by atoms with E-state index in [0.29, 0.717) is 17.4 Å². The number of esters is 1. The zero-order chi connectivity index (χ0) is 17.7. The van der Waals surface area contributed by atoms with E-state index in [0.717, 1.165) is 25.7 Å². The molecule has 0 aliphatic heterocycles. The summed E-state index contributed by atoms with van der Waals surface area (Å²) in [7, 11) is 0. The average Bonchev–Trinajstić information content (AvgIpc) is 2.86. The van der Waals surface area contributed by atoms with E-state index in [4.69, 9.17) is 9.26 Å². The van der Waals surface area contributed by atoms with Gasteiger partial charge in [0, 0.05) is 6.04 Å². The Bertz CT molecular complexity index is 606. The van der Waals surface area contributed by atoms with Crippen molar-refractivity contribution >= 4 is 17.9 Å². The van der Waals surface area contributed by atoms with Gasteiger partial charge in [0.1, 0.15) is 11.3 Å². The minimum atomic E-state index is -0.706. The summed E-state index contributed by atoms with van der Waals surface area (Å²) in [4.78, 5) is 35.5. The molecule has 8 heteroatoms. The van der Waals surface area contributed by atoms with Gasteiger partial charge in [0.05, 0.1) is 5.69 Å². The molecule has 0 radical (unpaired) electrons. The molecular weight excluding hydrogens is 314 g/mol. The molecule has 1 heterocycles. The van der Waals surface area contributed by atoms with E-state index in [9.17, 15) is 14.4 Å². The Morgan fingerprint density at radius 1 is 1.25 bits per heavy atom. The minimum Gasteiger partial charge on any atom is -0.452 e. The fourth-order valence-electron chi connectivity index (χ4n) is 2.88. The van der Waals surface area contributed by atoms with Gasteiger partial charge in [-0.15, -0.1) is 0 Å². The number of hydrogen-bond acceptors (Lipinski definition) is 6. The number of aryl methyl sites for hydroxylation is 2. The number of imide groups is 1. The van der Waals surface area contributed by atoms with Gasteiger partial charge in [-0.3, -0.25) is 10.1 Å². The third-order valence-corrected chi connectivity index (χ3v) is 4.25. The molecule has 8 nitrogen and oxygen atoms in total. The predicted octanol–water partition coefficient (Wildman–Crippen LogP) is 1.85. The van der Waals surface area contributed by atoms with Gasteiger partial charge in [-0.25, -0.2) is 9.59 Å². The predicted molar refractivity (Wildman–Crippen MR) is 84.4 cm³/mol. The molecule has 1 saturated carbocycles. The second-order valence-corrected chi connectivity index (χ2v) is 6.17. The molecule has 2 rings (SSSR count). The molecule has 1 aliphatic carbocycles. The van der Waals surface area contributed by atoms with Crippen LogP contribution in [-0.4, -0.2) is 35.7 Å². The first-order valence-electron chi connectivity index (χ1n) is 8.08. The molecule has 1 aromatic heterocycles. The molecular formula is C16H23N3O5. The number of nitrogens with zero attached hydrogens (tertiary/aromatic N) is 1. The van der Waals surface area contributed by atoms with E-state index in [2.05, 4.69) is 22.7 Å². The van der Waals surface area contributed by atoms with Crippen LogP contribution in [0.25, 0.3) is 0 Å². The summed E-state index contributed by atoms with van der Waals surface area (Å²) in [6.07, 6.45) is 4.20. The van der Waals surface area contributed by atoms with Crippen LogP contribution in [0.1, 0.15) is 54.4 Å². The van der Waals surface area contributed by atoms with Crippen molar-refractivity contribution in [3.05, 3.63) is 17.0 Å². The van der Waals surface area contributed by atoms with Gasteiger partial charge in [-0.2, -0.15) is 0 Å². The molecule has 2 N–H and O–H groups in total. The van der Waals surface area contributed by atoms with Gasteiger partial charge >= 0.3 is 12.0 Å². The number of rotatable bonds is 4. The normalized spacial score (nSPS) is 20.3. The van der Waals surface area contributed by atoms with Crippen molar-refractivity contribution in [2.24, 2.45) is 5.92 Å². The molecule has 0 spiro atoms. The summed E-state index contributed by atoms with van der Waals surface area (Å²) in [6.45, 7) is 4.72. The number of amides is 3.